The van der Waals surface area contributed by atoms with Crippen LogP contribution in [0.25, 0.3) is 6.08 Å². The normalized spacial score (nSPS) is 11.6. The standard InChI is InChI=1S/C17H13ClF3NO4/c1-10-2-4-12(26-10)5-7-16(24)25-9-15(23)22-14-6-3-11(18)8-13(14)17(19,20)21/h2-8H,9H2,1H3,(H,22,23)/b7-5+. The average Bonchev–Trinajstić information content (AvgIpc) is 2.97. The number of hydrogen-bond donors (Lipinski definition) is 1. The number of esters is 1. The molecule has 26 heavy (non-hydrogen) atoms. The van der Waals surface area contributed by atoms with Gasteiger partial charge in [-0.3, -0.25) is 4.79 Å². The molecule has 0 aliphatic rings. The minimum absolute atomic E-state index is 0.125. The van der Waals surface area contributed by atoms with Gasteiger partial charge in [0, 0.05) is 11.1 Å². The zero-order valence-electron chi connectivity index (χ0n) is 13.4. The number of ether oxygens (including phenoxy) is 1. The molecule has 2 aromatic rings. The molecular formula is C17H13ClF3NO4. The molecule has 2 rings (SSSR count). The van der Waals surface area contributed by atoms with Crippen LogP contribution in [0.2, 0.25) is 5.02 Å². The van der Waals surface area contributed by atoms with Gasteiger partial charge in [-0.2, -0.15) is 13.2 Å². The minimum atomic E-state index is -4.70. The number of hydrogen-bond acceptors (Lipinski definition) is 4. The fraction of sp³-hybridized carbons (Fsp3) is 0.176. The van der Waals surface area contributed by atoms with Crippen molar-refractivity contribution in [2.24, 2.45) is 0 Å². The molecule has 0 aliphatic heterocycles. The van der Waals surface area contributed by atoms with Crippen molar-refractivity contribution in [2.45, 2.75) is 13.1 Å². The van der Waals surface area contributed by atoms with E-state index in [2.05, 4.69) is 4.74 Å². The molecule has 1 aromatic carbocycles. The number of amides is 1. The van der Waals surface area contributed by atoms with Crippen molar-refractivity contribution in [2.75, 3.05) is 11.9 Å². The first kappa shape index (κ1) is 19.6. The van der Waals surface area contributed by atoms with E-state index in [-0.39, 0.29) is 5.02 Å². The van der Waals surface area contributed by atoms with Crippen LogP contribution in [0.4, 0.5) is 18.9 Å². The quantitative estimate of drug-likeness (QED) is 0.607. The summed E-state index contributed by atoms with van der Waals surface area (Å²) in [7, 11) is 0. The first-order valence-corrected chi connectivity index (χ1v) is 7.61. The molecular weight excluding hydrogens is 375 g/mol. The number of nitrogens with one attached hydrogen (secondary N) is 1. The highest BCUT2D eigenvalue weighted by Gasteiger charge is 2.34. The third-order valence-electron chi connectivity index (χ3n) is 3.05. The number of alkyl halides is 3. The Morgan fingerprint density at radius 2 is 2.00 bits per heavy atom. The second-order valence-corrected chi connectivity index (χ2v) is 5.56. The fourth-order valence-corrected chi connectivity index (χ4v) is 2.10. The van der Waals surface area contributed by atoms with Crippen molar-refractivity contribution in [1.29, 1.82) is 0 Å². The molecule has 0 aliphatic carbocycles. The lowest BCUT2D eigenvalue weighted by atomic mass is 10.1. The molecule has 1 amide bonds. The zero-order valence-corrected chi connectivity index (χ0v) is 14.1. The lowest BCUT2D eigenvalue weighted by Gasteiger charge is -2.14. The van der Waals surface area contributed by atoms with Crippen LogP contribution < -0.4 is 5.32 Å². The van der Waals surface area contributed by atoms with E-state index in [9.17, 15) is 22.8 Å². The summed E-state index contributed by atoms with van der Waals surface area (Å²) in [4.78, 5) is 23.3. The van der Waals surface area contributed by atoms with E-state index in [1.54, 1.807) is 19.1 Å². The SMILES string of the molecule is Cc1ccc(/C=C/C(=O)OCC(=O)Nc2ccc(Cl)cc2C(F)(F)F)o1. The number of halogens is 4. The van der Waals surface area contributed by atoms with Gasteiger partial charge in [0.15, 0.2) is 6.61 Å². The van der Waals surface area contributed by atoms with E-state index >= 15 is 0 Å². The van der Waals surface area contributed by atoms with Crippen LogP contribution in [0.5, 0.6) is 0 Å². The number of rotatable bonds is 5. The maximum absolute atomic E-state index is 12.9. The summed E-state index contributed by atoms with van der Waals surface area (Å²) < 4.78 is 48.7. The molecule has 1 N–H and O–H groups in total. The topological polar surface area (TPSA) is 68.5 Å². The number of carbonyl (C=O) groups excluding carboxylic acids is 2. The molecule has 1 heterocycles. The van der Waals surface area contributed by atoms with Gasteiger partial charge < -0.3 is 14.5 Å². The Labute approximate surface area is 151 Å². The van der Waals surface area contributed by atoms with Crippen LogP contribution in [-0.4, -0.2) is 18.5 Å². The molecule has 0 radical (unpaired) electrons. The number of carbonyl (C=O) groups is 2. The van der Waals surface area contributed by atoms with E-state index in [1.165, 1.54) is 12.1 Å². The van der Waals surface area contributed by atoms with Gasteiger partial charge in [-0.1, -0.05) is 11.6 Å². The van der Waals surface area contributed by atoms with Gasteiger partial charge in [-0.15, -0.1) is 0 Å². The van der Waals surface area contributed by atoms with Gasteiger partial charge in [-0.25, -0.2) is 4.79 Å². The minimum Gasteiger partial charge on any atom is -0.462 e. The smallest absolute Gasteiger partial charge is 0.418 e. The second kappa shape index (κ2) is 8.09. The summed E-state index contributed by atoms with van der Waals surface area (Å²) in [5.74, 6) is -0.699. The van der Waals surface area contributed by atoms with Gasteiger partial charge in [0.1, 0.15) is 11.5 Å². The Morgan fingerprint density at radius 3 is 2.62 bits per heavy atom. The van der Waals surface area contributed by atoms with Crippen LogP contribution in [0.3, 0.4) is 0 Å². The number of anilines is 1. The predicted octanol–water partition coefficient (Wildman–Crippen LogP) is 4.46. The molecule has 138 valence electrons. The summed E-state index contributed by atoms with van der Waals surface area (Å²) >= 11 is 5.55. The highest BCUT2D eigenvalue weighted by atomic mass is 35.5. The van der Waals surface area contributed by atoms with Crippen molar-refractivity contribution < 1.29 is 31.9 Å². The number of furan rings is 1. The van der Waals surface area contributed by atoms with Gasteiger partial charge in [-0.05, 0) is 43.3 Å². The summed E-state index contributed by atoms with van der Waals surface area (Å²) in [6.07, 6.45) is -2.32. The Hall–Kier alpha value is -2.74. The lowest BCUT2D eigenvalue weighted by molar-refractivity contribution is -0.142. The molecule has 0 spiro atoms. The largest absolute Gasteiger partial charge is 0.462 e. The summed E-state index contributed by atoms with van der Waals surface area (Å²) in [6, 6.07) is 6.24. The van der Waals surface area contributed by atoms with Crippen molar-refractivity contribution >= 4 is 35.2 Å². The van der Waals surface area contributed by atoms with Crippen molar-refractivity contribution in [1.82, 2.24) is 0 Å². The molecule has 9 heteroatoms. The molecule has 0 saturated carbocycles. The van der Waals surface area contributed by atoms with Crippen LogP contribution in [0.15, 0.2) is 40.8 Å². The van der Waals surface area contributed by atoms with Crippen molar-refractivity contribution in [3.05, 3.63) is 58.5 Å². The summed E-state index contributed by atoms with van der Waals surface area (Å²) in [5, 5.41) is 1.91. The maximum Gasteiger partial charge on any atom is 0.418 e. The lowest BCUT2D eigenvalue weighted by Crippen LogP contribution is -2.22. The third kappa shape index (κ3) is 5.66. The van der Waals surface area contributed by atoms with Crippen molar-refractivity contribution in [3.8, 4) is 0 Å². The fourth-order valence-electron chi connectivity index (χ4n) is 1.92. The molecule has 0 unspecified atom stereocenters. The maximum atomic E-state index is 12.9. The Morgan fingerprint density at radius 1 is 1.27 bits per heavy atom. The number of benzene rings is 1. The van der Waals surface area contributed by atoms with Crippen LogP contribution in [0.1, 0.15) is 17.1 Å². The highest BCUT2D eigenvalue weighted by molar-refractivity contribution is 6.30. The first-order chi connectivity index (χ1) is 12.1. The summed E-state index contributed by atoms with van der Waals surface area (Å²) in [5.41, 5.74) is -1.58. The molecule has 5 nitrogen and oxygen atoms in total. The molecule has 0 atom stereocenters. The van der Waals surface area contributed by atoms with Gasteiger partial charge >= 0.3 is 12.1 Å². The first-order valence-electron chi connectivity index (χ1n) is 7.23. The van der Waals surface area contributed by atoms with E-state index in [1.807, 2.05) is 5.32 Å². The Kier molecular flexibility index (Phi) is 6.10. The zero-order chi connectivity index (χ0) is 19.3. The van der Waals surface area contributed by atoms with Crippen LogP contribution >= 0.6 is 11.6 Å². The molecule has 1 aromatic heterocycles. The number of aryl methyl sites for hydroxylation is 1. The van der Waals surface area contributed by atoms with E-state index < -0.39 is 35.9 Å². The summed E-state index contributed by atoms with van der Waals surface area (Å²) in [6.45, 7) is 0.978. The van der Waals surface area contributed by atoms with E-state index in [4.69, 9.17) is 16.0 Å². The van der Waals surface area contributed by atoms with Crippen LogP contribution in [-0.2, 0) is 20.5 Å². The van der Waals surface area contributed by atoms with Gasteiger partial charge in [0.2, 0.25) is 0 Å². The van der Waals surface area contributed by atoms with Crippen LogP contribution in [0, 0.1) is 6.92 Å². The third-order valence-corrected chi connectivity index (χ3v) is 3.29. The Balaban J connectivity index is 1.93. The molecule has 0 saturated heterocycles. The Bertz CT molecular complexity index is 843. The highest BCUT2D eigenvalue weighted by Crippen LogP contribution is 2.36. The molecule has 0 bridgehead atoms. The monoisotopic (exact) mass is 387 g/mol. The van der Waals surface area contributed by atoms with E-state index in [0.29, 0.717) is 17.6 Å². The predicted molar refractivity (Wildman–Crippen MR) is 88.5 cm³/mol. The van der Waals surface area contributed by atoms with Gasteiger partial charge in [0.25, 0.3) is 5.91 Å². The van der Waals surface area contributed by atoms with Crippen molar-refractivity contribution in [3.63, 3.8) is 0 Å². The van der Waals surface area contributed by atoms with E-state index in [0.717, 1.165) is 12.1 Å². The molecule has 0 fully saturated rings. The van der Waals surface area contributed by atoms with Gasteiger partial charge in [0.05, 0.1) is 11.3 Å². The second-order valence-electron chi connectivity index (χ2n) is 5.13. The average molecular weight is 388 g/mol.